The maximum absolute atomic E-state index is 13.7. The number of fused-ring (bicyclic) bond motifs is 2. The maximum Gasteiger partial charge on any atom is 0.243 e. The van der Waals surface area contributed by atoms with E-state index in [1.54, 1.807) is 10.4 Å². The van der Waals surface area contributed by atoms with Crippen molar-refractivity contribution < 1.29 is 8.42 Å². The summed E-state index contributed by atoms with van der Waals surface area (Å²) in [6.45, 7) is 1.74. The first-order chi connectivity index (χ1) is 20.1. The summed E-state index contributed by atoms with van der Waals surface area (Å²) in [6.07, 6.45) is 2.39. The molecule has 0 N–H and O–H groups in total. The molecule has 0 spiro atoms. The van der Waals surface area contributed by atoms with Crippen molar-refractivity contribution in [2.75, 3.05) is 31.1 Å². The largest absolute Gasteiger partial charge is 0.353 e. The van der Waals surface area contributed by atoms with Crippen LogP contribution >= 0.6 is 0 Å². The van der Waals surface area contributed by atoms with E-state index in [0.29, 0.717) is 43.3 Å². The number of piperazine rings is 1. The summed E-state index contributed by atoms with van der Waals surface area (Å²) in [7, 11) is -3.66. The minimum Gasteiger partial charge on any atom is -0.353 e. The second kappa shape index (κ2) is 10.4. The molecule has 0 aliphatic carbocycles. The maximum atomic E-state index is 13.7. The van der Waals surface area contributed by atoms with Crippen molar-refractivity contribution in [1.29, 1.82) is 0 Å². The van der Waals surface area contributed by atoms with Gasteiger partial charge in [0.15, 0.2) is 5.65 Å². The van der Waals surface area contributed by atoms with Gasteiger partial charge in [0.2, 0.25) is 10.0 Å². The monoisotopic (exact) mass is 560 g/mol. The van der Waals surface area contributed by atoms with Crippen molar-refractivity contribution >= 4 is 37.6 Å². The van der Waals surface area contributed by atoms with E-state index in [0.717, 1.165) is 38.9 Å². The van der Waals surface area contributed by atoms with Gasteiger partial charge < -0.3 is 4.90 Å². The van der Waals surface area contributed by atoms with Crippen LogP contribution < -0.4 is 4.90 Å². The molecular weight excluding hydrogens is 532 g/mol. The minimum atomic E-state index is -3.66. The summed E-state index contributed by atoms with van der Waals surface area (Å²) in [5, 5.41) is 7.17. The summed E-state index contributed by atoms with van der Waals surface area (Å²) < 4.78 is 30.9. The van der Waals surface area contributed by atoms with E-state index in [2.05, 4.69) is 22.1 Å². The van der Waals surface area contributed by atoms with E-state index >= 15 is 0 Å². The van der Waals surface area contributed by atoms with Crippen molar-refractivity contribution in [2.24, 2.45) is 0 Å². The fourth-order valence-electron chi connectivity index (χ4n) is 5.49. The molecule has 0 radical (unpaired) electrons. The Hall–Kier alpha value is -4.60. The van der Waals surface area contributed by atoms with Gasteiger partial charge in [0.1, 0.15) is 11.6 Å². The molecule has 204 valence electrons. The molecule has 6 aromatic rings. The molecule has 0 amide bonds. The Labute approximate surface area is 238 Å². The predicted molar refractivity (Wildman–Crippen MR) is 161 cm³/mol. The highest BCUT2D eigenvalue weighted by atomic mass is 32.2. The smallest absolute Gasteiger partial charge is 0.243 e. The second-order valence-corrected chi connectivity index (χ2v) is 12.0. The quantitative estimate of drug-likeness (QED) is 0.283. The number of para-hydroxylation sites is 1. The molecule has 1 saturated heterocycles. The molecule has 3 heterocycles. The molecule has 0 unspecified atom stereocenters. The summed E-state index contributed by atoms with van der Waals surface area (Å²) in [5.41, 5.74) is 2.77. The Bertz CT molecular complexity index is 1950. The van der Waals surface area contributed by atoms with Gasteiger partial charge in [0.05, 0.1) is 22.2 Å². The van der Waals surface area contributed by atoms with Gasteiger partial charge in [0.25, 0.3) is 0 Å². The number of aromatic nitrogens is 4. The summed E-state index contributed by atoms with van der Waals surface area (Å²) >= 11 is 0. The zero-order valence-corrected chi connectivity index (χ0v) is 23.2. The first kappa shape index (κ1) is 25.4. The van der Waals surface area contributed by atoms with Crippen molar-refractivity contribution in [2.45, 2.75) is 11.3 Å². The van der Waals surface area contributed by atoms with E-state index in [1.165, 1.54) is 0 Å². The van der Waals surface area contributed by atoms with E-state index in [1.807, 2.05) is 95.8 Å². The first-order valence-electron chi connectivity index (χ1n) is 13.6. The Morgan fingerprint density at radius 2 is 1.37 bits per heavy atom. The molecule has 1 fully saturated rings. The van der Waals surface area contributed by atoms with E-state index in [4.69, 9.17) is 9.97 Å². The lowest BCUT2D eigenvalue weighted by Gasteiger charge is -2.35. The van der Waals surface area contributed by atoms with Crippen molar-refractivity contribution in [3.63, 3.8) is 0 Å². The number of hydrogen-bond acceptors (Lipinski definition) is 6. The van der Waals surface area contributed by atoms with Crippen LogP contribution in [0.4, 0.5) is 5.82 Å². The Morgan fingerprint density at radius 3 is 2.15 bits per heavy atom. The Kier molecular flexibility index (Phi) is 6.45. The van der Waals surface area contributed by atoms with Crippen LogP contribution in [0.15, 0.2) is 114 Å². The highest BCUT2D eigenvalue weighted by Gasteiger charge is 2.31. The van der Waals surface area contributed by atoms with Gasteiger partial charge in [-0.2, -0.15) is 9.40 Å². The first-order valence-corrected chi connectivity index (χ1v) is 15.1. The fourth-order valence-corrected chi connectivity index (χ4v) is 7.13. The fraction of sp³-hybridized carbons (Fsp3) is 0.156. The third-order valence-corrected chi connectivity index (χ3v) is 9.52. The SMILES string of the molecule is O=S(=O)(c1cccc2ccccc12)N1CCN(c2nc(Cc3ccccc3)nc3c2cnn3-c2ccccc2)CC1. The molecule has 2 aromatic heterocycles. The highest BCUT2D eigenvalue weighted by Crippen LogP contribution is 2.30. The van der Waals surface area contributed by atoms with Gasteiger partial charge >= 0.3 is 0 Å². The number of sulfonamides is 1. The predicted octanol–water partition coefficient (Wildman–Crippen LogP) is 5.07. The lowest BCUT2D eigenvalue weighted by molar-refractivity contribution is 0.384. The van der Waals surface area contributed by atoms with Gasteiger partial charge in [-0.3, -0.25) is 0 Å². The number of benzene rings is 4. The molecule has 0 saturated carbocycles. The third-order valence-electron chi connectivity index (χ3n) is 7.57. The molecule has 1 aliphatic heterocycles. The Morgan fingerprint density at radius 1 is 0.683 bits per heavy atom. The van der Waals surface area contributed by atoms with Gasteiger partial charge in [-0.25, -0.2) is 23.1 Å². The molecule has 7 rings (SSSR count). The van der Waals surface area contributed by atoms with Gasteiger partial charge in [-0.05, 0) is 29.1 Å². The van der Waals surface area contributed by atoms with E-state index in [-0.39, 0.29) is 0 Å². The van der Waals surface area contributed by atoms with E-state index < -0.39 is 10.0 Å². The van der Waals surface area contributed by atoms with Crippen LogP contribution in [0, 0.1) is 0 Å². The Balaban J connectivity index is 1.22. The number of hydrogen-bond donors (Lipinski definition) is 0. The molecular formula is C32H28N6O2S. The minimum absolute atomic E-state index is 0.350. The summed E-state index contributed by atoms with van der Waals surface area (Å²) in [5.74, 6) is 1.48. The molecule has 8 nitrogen and oxygen atoms in total. The van der Waals surface area contributed by atoms with Crippen LogP contribution in [0.3, 0.4) is 0 Å². The molecule has 0 bridgehead atoms. The topological polar surface area (TPSA) is 84.2 Å². The van der Waals surface area contributed by atoms with E-state index in [9.17, 15) is 8.42 Å². The van der Waals surface area contributed by atoms with Crippen LogP contribution in [0.25, 0.3) is 27.5 Å². The zero-order valence-electron chi connectivity index (χ0n) is 22.3. The molecule has 41 heavy (non-hydrogen) atoms. The molecule has 0 atom stereocenters. The van der Waals surface area contributed by atoms with Crippen molar-refractivity contribution in [1.82, 2.24) is 24.1 Å². The van der Waals surface area contributed by atoms with Crippen LogP contribution in [-0.4, -0.2) is 58.7 Å². The lowest BCUT2D eigenvalue weighted by Crippen LogP contribution is -2.49. The van der Waals surface area contributed by atoms with Crippen LogP contribution in [0.1, 0.15) is 11.4 Å². The zero-order chi connectivity index (χ0) is 27.8. The summed E-state index contributed by atoms with van der Waals surface area (Å²) in [6, 6.07) is 33.1. The average molecular weight is 561 g/mol. The highest BCUT2D eigenvalue weighted by molar-refractivity contribution is 7.89. The van der Waals surface area contributed by atoms with Crippen LogP contribution in [-0.2, 0) is 16.4 Å². The third kappa shape index (κ3) is 4.73. The van der Waals surface area contributed by atoms with Crippen molar-refractivity contribution in [3.8, 4) is 5.69 Å². The standard InChI is InChI=1S/C32H28N6O2S/c39-41(40,29-17-9-13-25-12-7-8-16-27(25)29)37-20-18-36(19-21-37)31-28-23-33-38(26-14-5-2-6-15-26)32(28)35-30(34-31)22-24-10-3-1-4-11-24/h1-17,23H,18-22H2. The number of nitrogens with zero attached hydrogens (tertiary/aromatic N) is 6. The van der Waals surface area contributed by atoms with Gasteiger partial charge in [-0.1, -0.05) is 84.9 Å². The van der Waals surface area contributed by atoms with Gasteiger partial charge in [-0.15, -0.1) is 0 Å². The van der Waals surface area contributed by atoms with Crippen LogP contribution in [0.5, 0.6) is 0 Å². The molecule has 9 heteroatoms. The summed E-state index contributed by atoms with van der Waals surface area (Å²) in [4.78, 5) is 12.5. The lowest BCUT2D eigenvalue weighted by atomic mass is 10.1. The second-order valence-electron chi connectivity index (χ2n) is 10.1. The van der Waals surface area contributed by atoms with Crippen molar-refractivity contribution in [3.05, 3.63) is 121 Å². The number of anilines is 1. The number of rotatable bonds is 6. The molecule has 1 aliphatic rings. The molecule has 4 aromatic carbocycles. The van der Waals surface area contributed by atoms with Gasteiger partial charge in [0, 0.05) is 38.0 Å². The average Bonchev–Trinajstić information content (AvgIpc) is 3.45. The normalized spacial score (nSPS) is 14.6. The van der Waals surface area contributed by atoms with Crippen LogP contribution in [0.2, 0.25) is 0 Å².